The van der Waals surface area contributed by atoms with Gasteiger partial charge in [0.05, 0.1) is 19.4 Å². The number of esters is 2. The van der Waals surface area contributed by atoms with Crippen molar-refractivity contribution in [3.8, 4) is 0 Å². The summed E-state index contributed by atoms with van der Waals surface area (Å²) in [7, 11) is -3.36. The van der Waals surface area contributed by atoms with Crippen LogP contribution in [0.5, 0.6) is 0 Å². The Morgan fingerprint density at radius 1 is 0.841 bits per heavy atom. The summed E-state index contributed by atoms with van der Waals surface area (Å²) in [6.45, 7) is 3.14. The van der Waals surface area contributed by atoms with Gasteiger partial charge in [0.25, 0.3) is 0 Å². The van der Waals surface area contributed by atoms with Crippen LogP contribution >= 0.6 is 47.1 Å². The molecule has 1 aliphatic heterocycles. The van der Waals surface area contributed by atoms with Gasteiger partial charge in [0.1, 0.15) is 5.70 Å². The second-order valence-electron chi connectivity index (χ2n) is 9.00. The average Bonchev–Trinajstić information content (AvgIpc) is 3.27. The maximum Gasteiger partial charge on any atom is 0.358 e. The summed E-state index contributed by atoms with van der Waals surface area (Å²) in [4.78, 5) is 29.8. The first-order valence-electron chi connectivity index (χ1n) is 13.2. The van der Waals surface area contributed by atoms with Gasteiger partial charge in [0.2, 0.25) is 5.66 Å². The van der Waals surface area contributed by atoms with Gasteiger partial charge in [0, 0.05) is 65.7 Å². The van der Waals surface area contributed by atoms with Crippen molar-refractivity contribution in [1.29, 1.82) is 0 Å². The molecule has 0 saturated heterocycles. The third-order valence-electron chi connectivity index (χ3n) is 6.56. The van der Waals surface area contributed by atoms with Crippen LogP contribution < -0.4 is 10.2 Å². The molecular weight excluding hydrogens is 746 g/mol. The van der Waals surface area contributed by atoms with Gasteiger partial charge in [0.15, 0.2) is 0 Å². The Morgan fingerprint density at radius 2 is 1.36 bits per heavy atom. The van der Waals surface area contributed by atoms with Crippen molar-refractivity contribution in [2.24, 2.45) is 0 Å². The third kappa shape index (κ3) is 7.57. The standard InChI is InChI=1S/C28H34Br2N2O10P2/c1-7-41-26(33)25-23(17-43(35,37-3)38-4)24(18-44(36,39-5)40-6)28(27(34)42-8-2,31-21-13-9-19(29)10-14-21)32(25)22-15-11-20(30)12-16-22/h9-16,18,31H,7-8,17H2,1-6H3/b24-18-. The smallest absolute Gasteiger partial charge is 0.358 e. The molecule has 0 amide bonds. The number of hydrogen-bond acceptors (Lipinski definition) is 12. The van der Waals surface area contributed by atoms with Crippen molar-refractivity contribution in [2.45, 2.75) is 19.5 Å². The molecule has 0 spiro atoms. The number of halogens is 2. The van der Waals surface area contributed by atoms with Gasteiger partial charge >= 0.3 is 27.1 Å². The Morgan fingerprint density at radius 3 is 1.84 bits per heavy atom. The highest BCUT2D eigenvalue weighted by atomic mass is 79.9. The van der Waals surface area contributed by atoms with E-state index in [0.29, 0.717) is 15.8 Å². The Balaban J connectivity index is 2.62. The van der Waals surface area contributed by atoms with Crippen molar-refractivity contribution in [3.05, 3.63) is 80.1 Å². The Bertz CT molecular complexity index is 1500. The van der Waals surface area contributed by atoms with Gasteiger partial charge in [-0.3, -0.25) is 14.0 Å². The van der Waals surface area contributed by atoms with Crippen LogP contribution in [0.3, 0.4) is 0 Å². The van der Waals surface area contributed by atoms with Crippen molar-refractivity contribution < 1.29 is 46.3 Å². The number of rotatable bonds is 14. The first-order chi connectivity index (χ1) is 20.9. The largest absolute Gasteiger partial charge is 0.463 e. The van der Waals surface area contributed by atoms with E-state index < -0.39 is 39.0 Å². The van der Waals surface area contributed by atoms with Crippen LogP contribution in [-0.4, -0.2) is 65.4 Å². The van der Waals surface area contributed by atoms with Gasteiger partial charge in [-0.05, 0) is 62.4 Å². The molecule has 0 radical (unpaired) electrons. The van der Waals surface area contributed by atoms with E-state index in [9.17, 15) is 18.7 Å². The second kappa shape index (κ2) is 15.3. The second-order valence-corrected chi connectivity index (χ2v) is 15.2. The van der Waals surface area contributed by atoms with Gasteiger partial charge < -0.3 is 32.9 Å². The summed E-state index contributed by atoms with van der Waals surface area (Å²) in [6, 6.07) is 13.6. The van der Waals surface area contributed by atoms with Crippen LogP contribution in [0.4, 0.5) is 11.4 Å². The number of hydrogen-bond donors (Lipinski definition) is 1. The molecule has 0 aliphatic carbocycles. The fourth-order valence-electron chi connectivity index (χ4n) is 4.52. The molecule has 0 bridgehead atoms. The van der Waals surface area contributed by atoms with Gasteiger partial charge in [-0.15, -0.1) is 0 Å². The zero-order chi connectivity index (χ0) is 32.7. The number of nitrogens with zero attached hydrogens (tertiary/aromatic N) is 1. The Hall–Kier alpha value is -2.28. The normalized spacial score (nSPS) is 18.1. The topological polar surface area (TPSA) is 139 Å². The maximum absolute atomic E-state index is 14.5. The van der Waals surface area contributed by atoms with Crippen molar-refractivity contribution >= 4 is 70.4 Å². The molecule has 3 rings (SSSR count). The SMILES string of the molecule is CCOC(=O)C1=C(CP(=O)(OC)OC)/C(=C/P(=O)(OC)OC)C(Nc2ccc(Br)cc2)(C(=O)OCC)N1c1ccc(Br)cc1. The molecule has 2 aromatic carbocycles. The lowest BCUT2D eigenvalue weighted by Crippen LogP contribution is -2.60. The van der Waals surface area contributed by atoms with Gasteiger partial charge in [-0.2, -0.15) is 0 Å². The van der Waals surface area contributed by atoms with Gasteiger partial charge in [-0.25, -0.2) is 9.59 Å². The summed E-state index contributed by atoms with van der Waals surface area (Å²) in [6.07, 6.45) is -0.538. The highest BCUT2D eigenvalue weighted by Crippen LogP contribution is 2.59. The van der Waals surface area contributed by atoms with Crippen LogP contribution in [0.25, 0.3) is 0 Å². The fraction of sp³-hybridized carbons (Fsp3) is 0.357. The number of nitrogens with one attached hydrogen (secondary N) is 1. The summed E-state index contributed by atoms with van der Waals surface area (Å²) in [5.74, 6) is -0.667. The molecule has 0 saturated carbocycles. The van der Waals surface area contributed by atoms with E-state index in [1.54, 1.807) is 62.4 Å². The predicted molar refractivity (Wildman–Crippen MR) is 174 cm³/mol. The lowest BCUT2D eigenvalue weighted by Gasteiger charge is -2.41. The molecule has 1 N–H and O–H groups in total. The van der Waals surface area contributed by atoms with Crippen LogP contribution in [0.2, 0.25) is 0 Å². The maximum atomic E-state index is 14.5. The van der Waals surface area contributed by atoms with Crippen LogP contribution in [-0.2, 0) is 46.3 Å². The number of anilines is 2. The first-order valence-corrected chi connectivity index (χ1v) is 18.1. The summed E-state index contributed by atoms with van der Waals surface area (Å²) in [5, 5.41) is 3.23. The quantitative estimate of drug-likeness (QED) is 0.155. The number of ether oxygens (including phenoxy) is 2. The highest BCUT2D eigenvalue weighted by Gasteiger charge is 2.60. The zero-order valence-corrected chi connectivity index (χ0v) is 30.0. The number of carbonyl (C=O) groups excluding carboxylic acids is 2. The van der Waals surface area contributed by atoms with E-state index in [1.807, 2.05) is 0 Å². The van der Waals surface area contributed by atoms with Crippen molar-refractivity contribution in [1.82, 2.24) is 0 Å². The van der Waals surface area contributed by atoms with E-state index in [1.165, 1.54) is 33.3 Å². The lowest BCUT2D eigenvalue weighted by molar-refractivity contribution is -0.146. The third-order valence-corrected chi connectivity index (χ3v) is 11.0. The number of carbonyl (C=O) groups is 2. The molecule has 16 heteroatoms. The van der Waals surface area contributed by atoms with E-state index in [0.717, 1.165) is 10.3 Å². The predicted octanol–water partition coefficient (Wildman–Crippen LogP) is 7.08. The molecule has 1 heterocycles. The van der Waals surface area contributed by atoms with Crippen LogP contribution in [0, 0.1) is 0 Å². The minimum atomic E-state index is -4.11. The van der Waals surface area contributed by atoms with Gasteiger partial charge in [-0.1, -0.05) is 31.9 Å². The van der Waals surface area contributed by atoms with Crippen molar-refractivity contribution in [2.75, 3.05) is 58.0 Å². The Labute approximate surface area is 273 Å². The molecule has 1 unspecified atom stereocenters. The molecule has 0 aromatic heterocycles. The highest BCUT2D eigenvalue weighted by molar-refractivity contribution is 9.10. The first kappa shape index (κ1) is 36.2. The summed E-state index contributed by atoms with van der Waals surface area (Å²) >= 11 is 6.83. The van der Waals surface area contributed by atoms with Crippen LogP contribution in [0.1, 0.15) is 13.8 Å². The molecule has 2 aromatic rings. The molecule has 240 valence electrons. The summed E-state index contributed by atoms with van der Waals surface area (Å²) in [5.41, 5.74) is -1.77. The molecule has 0 fully saturated rings. The number of benzene rings is 2. The molecule has 12 nitrogen and oxygen atoms in total. The molecule has 1 atom stereocenters. The molecular formula is C28H34Br2N2O10P2. The average molecular weight is 780 g/mol. The van der Waals surface area contributed by atoms with Crippen molar-refractivity contribution in [3.63, 3.8) is 0 Å². The van der Waals surface area contributed by atoms with Crippen LogP contribution in [0.15, 0.2) is 80.1 Å². The van der Waals surface area contributed by atoms with E-state index in [2.05, 4.69) is 37.2 Å². The lowest BCUT2D eigenvalue weighted by atomic mass is 9.96. The summed E-state index contributed by atoms with van der Waals surface area (Å²) < 4.78 is 61.1. The molecule has 1 aliphatic rings. The monoisotopic (exact) mass is 778 g/mol. The Kier molecular flexibility index (Phi) is 12.6. The zero-order valence-electron chi connectivity index (χ0n) is 25.0. The minimum Gasteiger partial charge on any atom is -0.463 e. The van der Waals surface area contributed by atoms with E-state index in [4.69, 9.17) is 27.6 Å². The van der Waals surface area contributed by atoms with E-state index in [-0.39, 0.29) is 30.1 Å². The fourth-order valence-corrected chi connectivity index (χ4v) is 7.18. The minimum absolute atomic E-state index is 0.0315. The van der Waals surface area contributed by atoms with E-state index >= 15 is 0 Å². The molecule has 44 heavy (non-hydrogen) atoms.